The van der Waals surface area contributed by atoms with E-state index in [2.05, 4.69) is 43.0 Å². The van der Waals surface area contributed by atoms with Crippen molar-refractivity contribution < 1.29 is 0 Å². The number of likely N-dealkylation sites (tertiary alicyclic amines) is 1. The zero-order chi connectivity index (χ0) is 12.7. The molecule has 2 N–H and O–H groups in total. The van der Waals surface area contributed by atoms with Gasteiger partial charge in [-0.3, -0.25) is 4.90 Å². The normalized spacial score (nSPS) is 32.1. The van der Waals surface area contributed by atoms with Gasteiger partial charge in [0, 0.05) is 18.6 Å². The molecule has 0 aromatic heterocycles. The van der Waals surface area contributed by atoms with Crippen molar-refractivity contribution in [2.75, 3.05) is 13.1 Å². The molecule has 0 saturated carbocycles. The van der Waals surface area contributed by atoms with Crippen LogP contribution < -0.4 is 5.73 Å². The van der Waals surface area contributed by atoms with Crippen LogP contribution in [0.2, 0.25) is 0 Å². The Morgan fingerprint density at radius 3 is 2.61 bits per heavy atom. The van der Waals surface area contributed by atoms with E-state index in [0.717, 1.165) is 18.3 Å². The molecule has 3 rings (SSSR count). The third kappa shape index (κ3) is 1.98. The van der Waals surface area contributed by atoms with Crippen molar-refractivity contribution in [2.45, 2.75) is 38.8 Å². The summed E-state index contributed by atoms with van der Waals surface area (Å²) in [7, 11) is 0. The first-order chi connectivity index (χ1) is 8.66. The van der Waals surface area contributed by atoms with Gasteiger partial charge in [0.15, 0.2) is 0 Å². The Labute approximate surface area is 110 Å². The summed E-state index contributed by atoms with van der Waals surface area (Å²) in [5.74, 6) is 1.68. The Balaban J connectivity index is 1.80. The fourth-order valence-electron chi connectivity index (χ4n) is 3.63. The van der Waals surface area contributed by atoms with E-state index in [0.29, 0.717) is 6.04 Å². The standard InChI is InChI=1S/C16H24N2/c1-11(2)12-7-8-18(10-12)16-9-15(17)13-5-3-4-6-14(13)16/h3-6,11-12,15-16H,7-10,17H2,1-2H3. The molecule has 1 aliphatic carbocycles. The van der Waals surface area contributed by atoms with Crippen LogP contribution in [0.3, 0.4) is 0 Å². The maximum Gasteiger partial charge on any atom is 0.0369 e. The van der Waals surface area contributed by atoms with Gasteiger partial charge in [-0.05, 0) is 42.3 Å². The smallest absolute Gasteiger partial charge is 0.0369 e. The topological polar surface area (TPSA) is 29.3 Å². The van der Waals surface area contributed by atoms with E-state index in [4.69, 9.17) is 5.73 Å². The van der Waals surface area contributed by atoms with Crippen LogP contribution in [0.15, 0.2) is 24.3 Å². The first-order valence-electron chi connectivity index (χ1n) is 7.25. The van der Waals surface area contributed by atoms with E-state index < -0.39 is 0 Å². The second-order valence-electron chi connectivity index (χ2n) is 6.27. The largest absolute Gasteiger partial charge is 0.324 e. The Morgan fingerprint density at radius 1 is 1.22 bits per heavy atom. The molecule has 2 aliphatic rings. The van der Waals surface area contributed by atoms with Gasteiger partial charge in [0.2, 0.25) is 0 Å². The lowest BCUT2D eigenvalue weighted by Crippen LogP contribution is -2.26. The first kappa shape index (κ1) is 12.2. The summed E-state index contributed by atoms with van der Waals surface area (Å²) in [6.07, 6.45) is 2.45. The predicted molar refractivity (Wildman–Crippen MR) is 75.2 cm³/mol. The number of fused-ring (bicyclic) bond motifs is 1. The van der Waals surface area contributed by atoms with E-state index >= 15 is 0 Å². The highest BCUT2D eigenvalue weighted by Gasteiger charge is 2.36. The lowest BCUT2D eigenvalue weighted by Gasteiger charge is -2.25. The number of nitrogens with zero attached hydrogens (tertiary/aromatic N) is 1. The van der Waals surface area contributed by atoms with Crippen LogP contribution in [0.25, 0.3) is 0 Å². The highest BCUT2D eigenvalue weighted by atomic mass is 15.2. The zero-order valence-electron chi connectivity index (χ0n) is 11.5. The van der Waals surface area contributed by atoms with Crippen LogP contribution in [0, 0.1) is 11.8 Å². The molecular formula is C16H24N2. The molecule has 1 heterocycles. The molecule has 0 radical (unpaired) electrons. The molecule has 18 heavy (non-hydrogen) atoms. The van der Waals surface area contributed by atoms with Gasteiger partial charge in [-0.25, -0.2) is 0 Å². The average Bonchev–Trinajstić information content (AvgIpc) is 2.95. The van der Waals surface area contributed by atoms with E-state index in [1.807, 2.05) is 0 Å². The summed E-state index contributed by atoms with van der Waals surface area (Å²) in [5.41, 5.74) is 9.12. The minimum absolute atomic E-state index is 0.240. The zero-order valence-corrected chi connectivity index (χ0v) is 11.5. The van der Waals surface area contributed by atoms with Gasteiger partial charge >= 0.3 is 0 Å². The van der Waals surface area contributed by atoms with E-state index in [1.54, 1.807) is 0 Å². The highest BCUT2D eigenvalue weighted by molar-refractivity contribution is 5.37. The van der Waals surface area contributed by atoms with Crippen molar-refractivity contribution in [1.29, 1.82) is 0 Å². The second kappa shape index (κ2) is 4.67. The molecule has 3 atom stereocenters. The molecule has 1 fully saturated rings. The molecule has 0 amide bonds. The van der Waals surface area contributed by atoms with E-state index in [9.17, 15) is 0 Å². The van der Waals surface area contributed by atoms with Crippen molar-refractivity contribution >= 4 is 0 Å². The minimum atomic E-state index is 0.240. The molecule has 1 aromatic rings. The van der Waals surface area contributed by atoms with Gasteiger partial charge in [0.25, 0.3) is 0 Å². The van der Waals surface area contributed by atoms with Crippen LogP contribution in [0.5, 0.6) is 0 Å². The van der Waals surface area contributed by atoms with Crippen molar-refractivity contribution in [3.05, 3.63) is 35.4 Å². The highest BCUT2D eigenvalue weighted by Crippen LogP contribution is 2.43. The second-order valence-corrected chi connectivity index (χ2v) is 6.27. The van der Waals surface area contributed by atoms with Crippen LogP contribution in [-0.4, -0.2) is 18.0 Å². The molecule has 1 aliphatic heterocycles. The number of hydrogen-bond acceptors (Lipinski definition) is 2. The number of rotatable bonds is 2. The van der Waals surface area contributed by atoms with Crippen LogP contribution in [0.1, 0.15) is 49.9 Å². The van der Waals surface area contributed by atoms with Gasteiger partial charge in [-0.15, -0.1) is 0 Å². The molecule has 2 heteroatoms. The van der Waals surface area contributed by atoms with Gasteiger partial charge in [0.05, 0.1) is 0 Å². The summed E-state index contributed by atoms with van der Waals surface area (Å²) in [6.45, 7) is 7.20. The average molecular weight is 244 g/mol. The van der Waals surface area contributed by atoms with Crippen molar-refractivity contribution in [3.8, 4) is 0 Å². The Morgan fingerprint density at radius 2 is 1.94 bits per heavy atom. The molecule has 0 bridgehead atoms. The van der Waals surface area contributed by atoms with E-state index in [1.165, 1.54) is 30.6 Å². The summed E-state index contributed by atoms with van der Waals surface area (Å²) >= 11 is 0. The lowest BCUT2D eigenvalue weighted by molar-refractivity contribution is 0.221. The molecule has 2 nitrogen and oxygen atoms in total. The molecule has 1 aromatic carbocycles. The molecule has 3 unspecified atom stereocenters. The Hall–Kier alpha value is -0.860. The number of nitrogens with two attached hydrogens (primary N) is 1. The number of benzene rings is 1. The molecule has 1 saturated heterocycles. The Kier molecular flexibility index (Phi) is 3.16. The first-order valence-corrected chi connectivity index (χ1v) is 7.25. The monoisotopic (exact) mass is 244 g/mol. The number of hydrogen-bond donors (Lipinski definition) is 1. The summed E-state index contributed by atoms with van der Waals surface area (Å²) in [5, 5.41) is 0. The fraction of sp³-hybridized carbons (Fsp3) is 0.625. The van der Waals surface area contributed by atoms with Crippen LogP contribution >= 0.6 is 0 Å². The lowest BCUT2D eigenvalue weighted by atomic mass is 9.95. The SMILES string of the molecule is CC(C)C1CCN(C2CC(N)c3ccccc32)C1. The molecule has 0 spiro atoms. The fourth-order valence-corrected chi connectivity index (χ4v) is 3.63. The summed E-state index contributed by atoms with van der Waals surface area (Å²) in [4.78, 5) is 2.66. The van der Waals surface area contributed by atoms with Gasteiger partial charge < -0.3 is 5.73 Å². The van der Waals surface area contributed by atoms with Gasteiger partial charge in [-0.1, -0.05) is 38.1 Å². The summed E-state index contributed by atoms with van der Waals surface area (Å²) < 4.78 is 0. The van der Waals surface area contributed by atoms with Crippen molar-refractivity contribution in [1.82, 2.24) is 4.90 Å². The van der Waals surface area contributed by atoms with Crippen LogP contribution in [0.4, 0.5) is 0 Å². The quantitative estimate of drug-likeness (QED) is 0.866. The third-order valence-electron chi connectivity index (χ3n) is 4.87. The maximum absolute atomic E-state index is 6.27. The minimum Gasteiger partial charge on any atom is -0.324 e. The van der Waals surface area contributed by atoms with Crippen molar-refractivity contribution in [3.63, 3.8) is 0 Å². The predicted octanol–water partition coefficient (Wildman–Crippen LogP) is 3.11. The molecule has 98 valence electrons. The molecular weight excluding hydrogens is 220 g/mol. The maximum atomic E-state index is 6.27. The van der Waals surface area contributed by atoms with Gasteiger partial charge in [0.1, 0.15) is 0 Å². The van der Waals surface area contributed by atoms with Crippen LogP contribution in [-0.2, 0) is 0 Å². The van der Waals surface area contributed by atoms with Gasteiger partial charge in [-0.2, -0.15) is 0 Å². The Bertz CT molecular complexity index is 427. The summed E-state index contributed by atoms with van der Waals surface area (Å²) in [6, 6.07) is 9.55. The van der Waals surface area contributed by atoms with E-state index in [-0.39, 0.29) is 6.04 Å². The third-order valence-corrected chi connectivity index (χ3v) is 4.87. The van der Waals surface area contributed by atoms with Crippen molar-refractivity contribution in [2.24, 2.45) is 17.6 Å².